The van der Waals surface area contributed by atoms with Crippen molar-refractivity contribution in [2.24, 2.45) is 5.10 Å². The van der Waals surface area contributed by atoms with Crippen LogP contribution in [0.5, 0.6) is 0 Å². The summed E-state index contributed by atoms with van der Waals surface area (Å²) in [7, 11) is 0. The van der Waals surface area contributed by atoms with Crippen molar-refractivity contribution in [3.63, 3.8) is 0 Å². The lowest BCUT2D eigenvalue weighted by Crippen LogP contribution is -2.21. The van der Waals surface area contributed by atoms with Crippen molar-refractivity contribution in [2.45, 2.75) is 27.2 Å². The Morgan fingerprint density at radius 3 is 2.52 bits per heavy atom. The zero-order valence-electron chi connectivity index (χ0n) is 12.3. The summed E-state index contributed by atoms with van der Waals surface area (Å²) in [6.07, 6.45) is 2.08. The number of H-pyrrole nitrogens is 1. The van der Waals surface area contributed by atoms with Gasteiger partial charge in [0.15, 0.2) is 0 Å². The number of hydrazone groups is 1. The monoisotopic (exact) mass is 287 g/mol. The maximum Gasteiger partial charge on any atom is 0.244 e. The molecule has 0 bridgehead atoms. The number of hydrogen-bond donors (Lipinski definition) is 2. The lowest BCUT2D eigenvalue weighted by atomic mass is 10.1. The molecular formula is C16H18FN3O. The number of aromatic amines is 1. The van der Waals surface area contributed by atoms with E-state index in [4.69, 9.17) is 0 Å². The normalized spacial score (nSPS) is 11.5. The van der Waals surface area contributed by atoms with Gasteiger partial charge >= 0.3 is 0 Å². The fourth-order valence-electron chi connectivity index (χ4n) is 2.24. The predicted octanol–water partition coefficient (Wildman–Crippen LogP) is 2.85. The topological polar surface area (TPSA) is 57.2 Å². The Bertz CT molecular complexity index is 652. The lowest BCUT2D eigenvalue weighted by Gasteiger charge is -2.04. The van der Waals surface area contributed by atoms with E-state index in [9.17, 15) is 9.18 Å². The van der Waals surface area contributed by atoms with Crippen LogP contribution in [0, 0.1) is 19.7 Å². The highest BCUT2D eigenvalue weighted by molar-refractivity contribution is 6.01. The van der Waals surface area contributed by atoms with E-state index >= 15 is 0 Å². The third-order valence-corrected chi connectivity index (χ3v) is 3.26. The van der Waals surface area contributed by atoms with Crippen LogP contribution in [-0.2, 0) is 11.2 Å². The van der Waals surface area contributed by atoms with Crippen molar-refractivity contribution >= 4 is 11.6 Å². The summed E-state index contributed by atoms with van der Waals surface area (Å²) in [5.41, 5.74) is 7.14. The van der Waals surface area contributed by atoms with Crippen LogP contribution in [0.25, 0.3) is 0 Å². The van der Waals surface area contributed by atoms with Gasteiger partial charge in [-0.1, -0.05) is 12.1 Å². The number of rotatable bonds is 4. The average molecular weight is 287 g/mol. The van der Waals surface area contributed by atoms with Crippen molar-refractivity contribution in [3.05, 3.63) is 58.7 Å². The molecule has 5 heteroatoms. The highest BCUT2D eigenvalue weighted by Gasteiger charge is 2.08. The van der Waals surface area contributed by atoms with Crippen molar-refractivity contribution in [3.8, 4) is 0 Å². The molecule has 2 aromatic rings. The molecule has 21 heavy (non-hydrogen) atoms. The van der Waals surface area contributed by atoms with E-state index in [1.165, 1.54) is 12.1 Å². The molecule has 0 aliphatic carbocycles. The van der Waals surface area contributed by atoms with Crippen LogP contribution in [0.1, 0.15) is 29.3 Å². The van der Waals surface area contributed by atoms with E-state index in [1.807, 2.05) is 27.0 Å². The summed E-state index contributed by atoms with van der Waals surface area (Å²) in [6, 6.07) is 5.85. The number of carbonyl (C=O) groups excluding carboxylic acids is 1. The molecule has 1 aromatic carbocycles. The number of aryl methyl sites for hydroxylation is 2. The number of hydrogen-bond acceptors (Lipinski definition) is 2. The maximum absolute atomic E-state index is 12.8. The van der Waals surface area contributed by atoms with Crippen LogP contribution >= 0.6 is 0 Å². The van der Waals surface area contributed by atoms with Gasteiger partial charge in [0.2, 0.25) is 5.91 Å². The van der Waals surface area contributed by atoms with Gasteiger partial charge in [-0.3, -0.25) is 4.79 Å². The maximum atomic E-state index is 12.8. The molecule has 2 N–H and O–H groups in total. The molecule has 1 aromatic heterocycles. The largest absolute Gasteiger partial charge is 0.364 e. The Balaban J connectivity index is 2.00. The van der Waals surface area contributed by atoms with Crippen LogP contribution in [0.4, 0.5) is 4.39 Å². The van der Waals surface area contributed by atoms with Crippen LogP contribution in [0.2, 0.25) is 0 Å². The highest BCUT2D eigenvalue weighted by Crippen LogP contribution is 2.13. The van der Waals surface area contributed by atoms with Gasteiger partial charge in [0.1, 0.15) is 5.82 Å². The SMILES string of the molecule is C/C(=N\NC(=O)Cc1ccc(F)cc1)c1c(C)c[nH]c1C. The second-order valence-corrected chi connectivity index (χ2v) is 5.01. The molecule has 4 nitrogen and oxygen atoms in total. The van der Waals surface area contributed by atoms with Gasteiger partial charge in [0.05, 0.1) is 12.1 Å². The number of amides is 1. The Labute approximate surface area is 123 Å². The summed E-state index contributed by atoms with van der Waals surface area (Å²) in [5, 5.41) is 4.12. The lowest BCUT2D eigenvalue weighted by molar-refractivity contribution is -0.120. The first kappa shape index (κ1) is 15.0. The first-order valence-corrected chi connectivity index (χ1v) is 6.70. The number of aromatic nitrogens is 1. The van der Waals surface area contributed by atoms with Crippen LogP contribution < -0.4 is 5.43 Å². The minimum absolute atomic E-state index is 0.169. The highest BCUT2D eigenvalue weighted by atomic mass is 19.1. The molecule has 0 unspecified atom stereocenters. The van der Waals surface area contributed by atoms with Gasteiger partial charge in [-0.15, -0.1) is 0 Å². The molecule has 0 aliphatic rings. The van der Waals surface area contributed by atoms with Gasteiger partial charge < -0.3 is 4.98 Å². The van der Waals surface area contributed by atoms with Gasteiger partial charge in [0, 0.05) is 17.5 Å². The van der Waals surface area contributed by atoms with E-state index in [0.29, 0.717) is 0 Å². The zero-order valence-corrected chi connectivity index (χ0v) is 12.3. The van der Waals surface area contributed by atoms with E-state index in [1.54, 1.807) is 12.1 Å². The Hall–Kier alpha value is -2.43. The Kier molecular flexibility index (Phi) is 4.52. The Morgan fingerprint density at radius 1 is 1.29 bits per heavy atom. The second kappa shape index (κ2) is 6.35. The average Bonchev–Trinajstić information content (AvgIpc) is 2.78. The zero-order chi connectivity index (χ0) is 15.4. The number of halogens is 1. The molecule has 1 amide bonds. The van der Waals surface area contributed by atoms with E-state index in [2.05, 4.69) is 15.5 Å². The van der Waals surface area contributed by atoms with Crippen molar-refractivity contribution in [1.29, 1.82) is 0 Å². The van der Waals surface area contributed by atoms with E-state index < -0.39 is 0 Å². The van der Waals surface area contributed by atoms with E-state index in [0.717, 1.165) is 28.1 Å². The molecule has 0 aliphatic heterocycles. The summed E-state index contributed by atoms with van der Waals surface area (Å²) in [6.45, 7) is 5.79. The van der Waals surface area contributed by atoms with Gasteiger partial charge in [-0.2, -0.15) is 5.10 Å². The molecule has 110 valence electrons. The predicted molar refractivity (Wildman–Crippen MR) is 80.7 cm³/mol. The number of carbonyl (C=O) groups is 1. The van der Waals surface area contributed by atoms with Crippen molar-refractivity contribution in [1.82, 2.24) is 10.4 Å². The molecule has 0 saturated heterocycles. The molecule has 0 saturated carbocycles. The third kappa shape index (κ3) is 3.78. The standard InChI is InChI=1S/C16H18FN3O/c1-10-9-18-11(2)16(10)12(3)19-20-15(21)8-13-4-6-14(17)7-5-13/h4-7,9,18H,8H2,1-3H3,(H,20,21)/b19-12+. The number of nitrogens with zero attached hydrogens (tertiary/aromatic N) is 1. The first-order chi connectivity index (χ1) is 9.97. The number of benzene rings is 1. The van der Waals surface area contributed by atoms with Crippen LogP contribution in [0.3, 0.4) is 0 Å². The minimum Gasteiger partial charge on any atom is -0.364 e. The van der Waals surface area contributed by atoms with Crippen molar-refractivity contribution in [2.75, 3.05) is 0 Å². The minimum atomic E-state index is -0.313. The first-order valence-electron chi connectivity index (χ1n) is 6.70. The van der Waals surface area contributed by atoms with Gasteiger partial charge in [-0.25, -0.2) is 9.82 Å². The molecule has 0 fully saturated rings. The summed E-state index contributed by atoms with van der Waals surface area (Å²) >= 11 is 0. The smallest absolute Gasteiger partial charge is 0.244 e. The molecule has 2 rings (SSSR count). The van der Waals surface area contributed by atoms with Crippen molar-refractivity contribution < 1.29 is 9.18 Å². The van der Waals surface area contributed by atoms with Gasteiger partial charge in [-0.05, 0) is 44.0 Å². The Morgan fingerprint density at radius 2 is 1.95 bits per heavy atom. The second-order valence-electron chi connectivity index (χ2n) is 5.01. The number of nitrogens with one attached hydrogen (secondary N) is 2. The fourth-order valence-corrected chi connectivity index (χ4v) is 2.24. The van der Waals surface area contributed by atoms with Crippen LogP contribution in [0.15, 0.2) is 35.6 Å². The summed E-state index contributed by atoms with van der Waals surface area (Å²) in [5.74, 6) is -0.543. The molecule has 0 radical (unpaired) electrons. The van der Waals surface area contributed by atoms with E-state index in [-0.39, 0.29) is 18.1 Å². The third-order valence-electron chi connectivity index (χ3n) is 3.26. The van der Waals surface area contributed by atoms with Gasteiger partial charge in [0.25, 0.3) is 0 Å². The summed E-state index contributed by atoms with van der Waals surface area (Å²) < 4.78 is 12.8. The molecule has 0 atom stereocenters. The fraction of sp³-hybridized carbons (Fsp3) is 0.250. The molecular weight excluding hydrogens is 269 g/mol. The summed E-state index contributed by atoms with van der Waals surface area (Å²) in [4.78, 5) is 14.9. The van der Waals surface area contributed by atoms with Crippen LogP contribution in [-0.4, -0.2) is 16.6 Å². The quantitative estimate of drug-likeness (QED) is 0.659. The molecule has 1 heterocycles. The molecule has 0 spiro atoms.